The summed E-state index contributed by atoms with van der Waals surface area (Å²) in [5.74, 6) is 2.93. The van der Waals surface area contributed by atoms with Crippen molar-refractivity contribution in [2.75, 3.05) is 6.54 Å². The molecule has 152 valence electrons. The van der Waals surface area contributed by atoms with E-state index < -0.39 is 0 Å². The minimum atomic E-state index is 0.355. The Morgan fingerprint density at radius 3 is 3.00 bits per heavy atom. The maximum absolute atomic E-state index is 4.79. The highest BCUT2D eigenvalue weighted by Crippen LogP contribution is 2.22. The lowest BCUT2D eigenvalue weighted by Gasteiger charge is -2.24. The van der Waals surface area contributed by atoms with Crippen molar-refractivity contribution in [1.82, 2.24) is 35.2 Å². The number of hydrogen-bond acceptors (Lipinski definition) is 4. The molecule has 2 aliphatic rings. The molecule has 0 saturated carbocycles. The van der Waals surface area contributed by atoms with Crippen molar-refractivity contribution in [3.63, 3.8) is 0 Å². The molecule has 3 heterocycles. The number of aromatic nitrogens is 5. The smallest absolute Gasteiger partial charge is 0.191 e. The maximum atomic E-state index is 4.79. The monoisotopic (exact) mass is 384 g/mol. The molecule has 1 aliphatic heterocycles. The maximum Gasteiger partial charge on any atom is 0.191 e. The van der Waals surface area contributed by atoms with Gasteiger partial charge in [-0.05, 0) is 52.0 Å². The molecule has 2 aromatic heterocycles. The van der Waals surface area contributed by atoms with Crippen LogP contribution in [0.15, 0.2) is 11.2 Å². The van der Waals surface area contributed by atoms with Crippen molar-refractivity contribution in [1.29, 1.82) is 0 Å². The number of nitrogens with one attached hydrogen (secondary N) is 2. The molecular formula is C20H32N8. The van der Waals surface area contributed by atoms with E-state index in [9.17, 15) is 0 Å². The normalized spacial score (nSPS) is 19.4. The van der Waals surface area contributed by atoms with E-state index in [0.717, 1.165) is 56.4 Å². The molecule has 1 atom stereocenters. The lowest BCUT2D eigenvalue weighted by molar-refractivity contribution is 0.497. The van der Waals surface area contributed by atoms with Gasteiger partial charge in [-0.2, -0.15) is 5.10 Å². The fraction of sp³-hybridized carbons (Fsp3) is 0.700. The third kappa shape index (κ3) is 4.05. The van der Waals surface area contributed by atoms with Gasteiger partial charge in [-0.15, -0.1) is 10.2 Å². The second-order valence-electron chi connectivity index (χ2n) is 8.10. The van der Waals surface area contributed by atoms with Gasteiger partial charge in [0.05, 0.1) is 5.69 Å². The lowest BCUT2D eigenvalue weighted by Crippen LogP contribution is -2.45. The molecule has 0 saturated heterocycles. The molecule has 4 rings (SSSR count). The van der Waals surface area contributed by atoms with E-state index >= 15 is 0 Å². The van der Waals surface area contributed by atoms with Gasteiger partial charge in [0.2, 0.25) is 0 Å². The Kier molecular flexibility index (Phi) is 5.64. The van der Waals surface area contributed by atoms with Gasteiger partial charge in [0, 0.05) is 44.2 Å². The number of nitrogens with zero attached hydrogens (tertiary/aromatic N) is 6. The Morgan fingerprint density at radius 1 is 1.29 bits per heavy atom. The standard InChI is InChI=1S/C20H32N8/c1-4-21-20(22-12-19-25-24-18-7-5-6-10-27(18)19)23-16-9-8-15-13-28(14(2)3)26-17(15)11-16/h13-14,16H,4-12H2,1-3H3,(H2,21,22,23). The van der Waals surface area contributed by atoms with E-state index in [1.807, 2.05) is 0 Å². The molecular weight excluding hydrogens is 352 g/mol. The summed E-state index contributed by atoms with van der Waals surface area (Å²) in [6.07, 6.45) is 8.76. The number of guanidine groups is 1. The van der Waals surface area contributed by atoms with Crippen molar-refractivity contribution in [3.05, 3.63) is 29.1 Å². The van der Waals surface area contributed by atoms with Crippen LogP contribution in [0.4, 0.5) is 0 Å². The Hall–Kier alpha value is -2.38. The first-order valence-electron chi connectivity index (χ1n) is 10.7. The van der Waals surface area contributed by atoms with E-state index in [0.29, 0.717) is 18.6 Å². The lowest BCUT2D eigenvalue weighted by atomic mass is 9.94. The van der Waals surface area contributed by atoms with Crippen molar-refractivity contribution < 1.29 is 0 Å². The van der Waals surface area contributed by atoms with Gasteiger partial charge in [-0.3, -0.25) is 4.68 Å². The van der Waals surface area contributed by atoms with Crippen molar-refractivity contribution in [2.45, 2.75) is 84.5 Å². The van der Waals surface area contributed by atoms with Gasteiger partial charge in [0.1, 0.15) is 12.4 Å². The number of rotatable bonds is 5. The third-order valence-corrected chi connectivity index (χ3v) is 5.63. The van der Waals surface area contributed by atoms with Crippen LogP contribution in [0.1, 0.15) is 69.0 Å². The molecule has 8 nitrogen and oxygen atoms in total. The van der Waals surface area contributed by atoms with E-state index in [1.165, 1.54) is 24.1 Å². The predicted octanol–water partition coefficient (Wildman–Crippen LogP) is 2.00. The highest BCUT2D eigenvalue weighted by atomic mass is 15.3. The Bertz CT molecular complexity index is 831. The van der Waals surface area contributed by atoms with Gasteiger partial charge in [-0.1, -0.05) is 0 Å². The van der Waals surface area contributed by atoms with Crippen LogP contribution in [0.2, 0.25) is 0 Å². The van der Waals surface area contributed by atoms with Crippen LogP contribution in [-0.4, -0.2) is 43.1 Å². The Labute approximate surface area is 166 Å². The highest BCUT2D eigenvalue weighted by Gasteiger charge is 2.23. The summed E-state index contributed by atoms with van der Waals surface area (Å²) >= 11 is 0. The highest BCUT2D eigenvalue weighted by molar-refractivity contribution is 5.80. The van der Waals surface area contributed by atoms with E-state index in [2.05, 4.69) is 57.0 Å². The van der Waals surface area contributed by atoms with Crippen LogP contribution in [0.3, 0.4) is 0 Å². The molecule has 2 aromatic rings. The number of aliphatic imine (C=N–C) groups is 1. The molecule has 0 fully saturated rings. The van der Waals surface area contributed by atoms with E-state index in [-0.39, 0.29) is 0 Å². The first kappa shape index (κ1) is 19.0. The molecule has 2 N–H and O–H groups in total. The zero-order valence-corrected chi connectivity index (χ0v) is 17.3. The third-order valence-electron chi connectivity index (χ3n) is 5.63. The van der Waals surface area contributed by atoms with Gasteiger partial charge in [0.15, 0.2) is 11.8 Å². The molecule has 8 heteroatoms. The number of hydrogen-bond donors (Lipinski definition) is 2. The Balaban J connectivity index is 1.42. The zero-order valence-electron chi connectivity index (χ0n) is 17.3. The van der Waals surface area contributed by atoms with Crippen LogP contribution < -0.4 is 10.6 Å². The zero-order chi connectivity index (χ0) is 19.5. The summed E-state index contributed by atoms with van der Waals surface area (Å²) in [5, 5.41) is 20.5. The average molecular weight is 385 g/mol. The van der Waals surface area contributed by atoms with Crippen LogP contribution in [0.5, 0.6) is 0 Å². The van der Waals surface area contributed by atoms with E-state index in [1.54, 1.807) is 0 Å². The van der Waals surface area contributed by atoms with Crippen LogP contribution >= 0.6 is 0 Å². The summed E-state index contributed by atoms with van der Waals surface area (Å²) in [5.41, 5.74) is 2.61. The summed E-state index contributed by atoms with van der Waals surface area (Å²) in [6, 6.07) is 0.762. The molecule has 0 bridgehead atoms. The molecule has 28 heavy (non-hydrogen) atoms. The summed E-state index contributed by atoms with van der Waals surface area (Å²) in [6.45, 7) is 8.85. The fourth-order valence-electron chi connectivity index (χ4n) is 4.05. The van der Waals surface area contributed by atoms with Crippen molar-refractivity contribution in [3.8, 4) is 0 Å². The topological polar surface area (TPSA) is 85.0 Å². The molecule has 0 radical (unpaired) electrons. The molecule has 0 aromatic carbocycles. The minimum Gasteiger partial charge on any atom is -0.357 e. The van der Waals surface area contributed by atoms with Crippen LogP contribution in [0.25, 0.3) is 0 Å². The largest absolute Gasteiger partial charge is 0.357 e. The number of aryl methyl sites for hydroxylation is 2. The minimum absolute atomic E-state index is 0.355. The first-order valence-corrected chi connectivity index (χ1v) is 10.7. The molecule has 1 aliphatic carbocycles. The average Bonchev–Trinajstić information content (AvgIpc) is 3.30. The fourth-order valence-corrected chi connectivity index (χ4v) is 4.05. The van der Waals surface area contributed by atoms with Crippen molar-refractivity contribution in [2.24, 2.45) is 4.99 Å². The van der Waals surface area contributed by atoms with E-state index in [4.69, 9.17) is 10.1 Å². The predicted molar refractivity (Wildman–Crippen MR) is 109 cm³/mol. The first-order chi connectivity index (χ1) is 13.6. The van der Waals surface area contributed by atoms with Crippen LogP contribution in [0, 0.1) is 0 Å². The van der Waals surface area contributed by atoms with Gasteiger partial charge in [-0.25, -0.2) is 4.99 Å². The summed E-state index contributed by atoms with van der Waals surface area (Å²) < 4.78 is 4.32. The summed E-state index contributed by atoms with van der Waals surface area (Å²) in [7, 11) is 0. The second-order valence-corrected chi connectivity index (χ2v) is 8.10. The number of fused-ring (bicyclic) bond motifs is 2. The molecule has 0 spiro atoms. The van der Waals surface area contributed by atoms with Crippen LogP contribution in [-0.2, 0) is 32.4 Å². The second kappa shape index (κ2) is 8.32. The van der Waals surface area contributed by atoms with Crippen molar-refractivity contribution >= 4 is 5.96 Å². The van der Waals surface area contributed by atoms with Gasteiger partial charge in [0.25, 0.3) is 0 Å². The SMILES string of the molecule is CCNC(=NCc1nnc2n1CCCC2)NC1CCc2cn(C(C)C)nc2C1. The molecule has 0 amide bonds. The Morgan fingerprint density at radius 2 is 2.18 bits per heavy atom. The summed E-state index contributed by atoms with van der Waals surface area (Å²) in [4.78, 5) is 4.79. The molecule has 1 unspecified atom stereocenters. The van der Waals surface area contributed by atoms with Gasteiger partial charge < -0.3 is 15.2 Å². The quantitative estimate of drug-likeness (QED) is 0.608. The van der Waals surface area contributed by atoms with Gasteiger partial charge >= 0.3 is 0 Å².